The number of carbonyl (C=O) groups excluding carboxylic acids is 3. The highest BCUT2D eigenvalue weighted by Gasteiger charge is 2.40. The molecule has 84 heavy (non-hydrogen) atoms. The Hall–Kier alpha value is -3.54. The van der Waals surface area contributed by atoms with Gasteiger partial charge in [-0.25, -0.2) is 14.4 Å². The number of unbranched alkanes of at least 4 members (excludes halogenated alkanes) is 33. The SMILES string of the molecule is CCCCCCCCCCCCCCCCCCCC1(CCCCCCCCCCCCCCCCC)OCC(CCN(C)CCCCCNC(=O)C(C)CO[C@@H](C)CC(=O)NCCCC[C@@H](NC(=O)N[C@H](CCC(=O)O)C(=O)O)C(=O)O)O1. The molecule has 4 amide bonds. The average molecular weight is 1190 g/mol. The van der Waals surface area contributed by atoms with E-state index in [2.05, 4.69) is 47.1 Å². The van der Waals surface area contributed by atoms with E-state index in [9.17, 15) is 39.0 Å². The van der Waals surface area contributed by atoms with Gasteiger partial charge in [0, 0.05) is 38.9 Å². The Morgan fingerprint density at radius 2 is 0.952 bits per heavy atom. The van der Waals surface area contributed by atoms with Crippen molar-refractivity contribution in [1.82, 2.24) is 26.2 Å². The predicted molar refractivity (Wildman–Crippen MR) is 338 cm³/mol. The molecule has 17 nitrogen and oxygen atoms in total. The number of ether oxygens (including phenoxy) is 3. The van der Waals surface area contributed by atoms with Gasteiger partial charge in [-0.1, -0.05) is 220 Å². The highest BCUT2D eigenvalue weighted by atomic mass is 16.7. The maximum absolute atomic E-state index is 12.8. The highest BCUT2D eigenvalue weighted by molar-refractivity contribution is 5.86. The Morgan fingerprint density at radius 3 is 1.40 bits per heavy atom. The molecule has 0 bridgehead atoms. The summed E-state index contributed by atoms with van der Waals surface area (Å²) in [6.07, 6.45) is 49.6. The van der Waals surface area contributed by atoms with E-state index in [4.69, 9.17) is 19.3 Å². The van der Waals surface area contributed by atoms with Crippen LogP contribution in [0.25, 0.3) is 0 Å². The summed E-state index contributed by atoms with van der Waals surface area (Å²) >= 11 is 0. The van der Waals surface area contributed by atoms with Gasteiger partial charge in [-0.3, -0.25) is 14.4 Å². The number of nitrogens with one attached hydrogen (secondary N) is 4. The standard InChI is InChI=1S/C67H127N5O12/c1-6-8-10-12-14-16-18-20-22-23-25-27-29-31-33-35-39-48-67(47-38-34-32-30-28-26-24-21-19-17-15-13-11-9-7-2)83-55-58(84-67)46-52-72(5)51-42-36-40-50-69-63(76)56(3)54-82-57(4)53-61(73)68-49-41-37-43-59(64(77)78)70-66(81)71-60(65(79)80)44-45-62(74)75/h56-60H,6-55H2,1-5H3,(H,68,73)(H,69,76)(H,74,75)(H,77,78)(H,79,80)(H2,70,71,81)/t56?,57-,58?,59+,60+,67?/m0/s1. The van der Waals surface area contributed by atoms with E-state index in [0.717, 1.165) is 51.6 Å². The average Bonchev–Trinajstić information content (AvgIpc) is 3.88. The fourth-order valence-electron chi connectivity index (χ4n) is 11.2. The third-order valence-corrected chi connectivity index (χ3v) is 16.7. The van der Waals surface area contributed by atoms with Crippen LogP contribution in [0.5, 0.6) is 0 Å². The summed E-state index contributed by atoms with van der Waals surface area (Å²) in [5.41, 5.74) is 0. The van der Waals surface area contributed by atoms with Crippen LogP contribution in [0.2, 0.25) is 0 Å². The molecular formula is C67H127N5O12. The lowest BCUT2D eigenvalue weighted by Crippen LogP contribution is -2.51. The Bertz CT molecular complexity index is 1660. The first kappa shape index (κ1) is 78.5. The lowest BCUT2D eigenvalue weighted by Gasteiger charge is -2.29. The summed E-state index contributed by atoms with van der Waals surface area (Å²) in [7, 11) is 2.19. The van der Waals surface area contributed by atoms with Gasteiger partial charge in [0.2, 0.25) is 11.8 Å². The molecule has 0 aromatic heterocycles. The molecule has 0 spiro atoms. The number of carbonyl (C=O) groups is 6. The van der Waals surface area contributed by atoms with Gasteiger partial charge in [-0.15, -0.1) is 0 Å². The van der Waals surface area contributed by atoms with Crippen molar-refractivity contribution in [2.24, 2.45) is 5.92 Å². The molecule has 0 radical (unpaired) electrons. The smallest absolute Gasteiger partial charge is 0.326 e. The summed E-state index contributed by atoms with van der Waals surface area (Å²) in [5, 5.41) is 37.7. The second-order valence-electron chi connectivity index (χ2n) is 24.9. The van der Waals surface area contributed by atoms with Crippen LogP contribution in [0.15, 0.2) is 0 Å². The molecule has 1 rings (SSSR count). The molecule has 3 unspecified atom stereocenters. The van der Waals surface area contributed by atoms with Crippen molar-refractivity contribution in [3.05, 3.63) is 0 Å². The largest absolute Gasteiger partial charge is 0.481 e. The topological polar surface area (TPSA) is 242 Å². The number of urea groups is 1. The number of hydrogen-bond donors (Lipinski definition) is 7. The zero-order valence-electron chi connectivity index (χ0n) is 54.2. The fourth-order valence-corrected chi connectivity index (χ4v) is 11.2. The van der Waals surface area contributed by atoms with Crippen molar-refractivity contribution in [3.8, 4) is 0 Å². The number of hydrogen-bond acceptors (Lipinski definition) is 10. The first-order chi connectivity index (χ1) is 40.6. The van der Waals surface area contributed by atoms with Gasteiger partial charge < -0.3 is 55.7 Å². The second-order valence-corrected chi connectivity index (χ2v) is 24.9. The van der Waals surface area contributed by atoms with Crippen LogP contribution in [0.1, 0.15) is 310 Å². The predicted octanol–water partition coefficient (Wildman–Crippen LogP) is 14.8. The molecule has 0 aliphatic carbocycles. The molecule has 6 atom stereocenters. The van der Waals surface area contributed by atoms with Gasteiger partial charge in [-0.2, -0.15) is 0 Å². The lowest BCUT2D eigenvalue weighted by atomic mass is 9.98. The van der Waals surface area contributed by atoms with Crippen LogP contribution in [-0.2, 0) is 38.2 Å². The van der Waals surface area contributed by atoms with E-state index in [1.807, 2.05) is 0 Å². The number of carboxylic acid groups (broad SMARTS) is 3. The van der Waals surface area contributed by atoms with Crippen LogP contribution in [-0.4, -0.2) is 132 Å². The zero-order chi connectivity index (χ0) is 61.7. The Balaban J connectivity index is 2.33. The summed E-state index contributed by atoms with van der Waals surface area (Å²) in [6.45, 7) is 11.8. The normalized spacial score (nSPS) is 16.5. The number of aliphatic carboxylic acids is 3. The summed E-state index contributed by atoms with van der Waals surface area (Å²) in [6, 6.07) is -3.84. The van der Waals surface area contributed by atoms with Gasteiger partial charge in [0.1, 0.15) is 12.1 Å². The number of carboxylic acids is 3. The molecule has 17 heteroatoms. The molecule has 1 fully saturated rings. The van der Waals surface area contributed by atoms with Crippen molar-refractivity contribution in [2.45, 2.75) is 340 Å². The lowest BCUT2D eigenvalue weighted by molar-refractivity contribution is -0.180. The van der Waals surface area contributed by atoms with Gasteiger partial charge in [-0.05, 0) is 78.3 Å². The van der Waals surface area contributed by atoms with E-state index in [-0.39, 0.29) is 56.3 Å². The molecule has 1 aliphatic heterocycles. The molecule has 1 saturated heterocycles. The zero-order valence-corrected chi connectivity index (χ0v) is 54.2. The van der Waals surface area contributed by atoms with Crippen molar-refractivity contribution < 1.29 is 58.3 Å². The minimum absolute atomic E-state index is 0.0230. The van der Waals surface area contributed by atoms with Crippen LogP contribution in [0.3, 0.4) is 0 Å². The first-order valence-corrected chi connectivity index (χ1v) is 34.5. The maximum Gasteiger partial charge on any atom is 0.326 e. The second kappa shape index (κ2) is 53.7. The van der Waals surface area contributed by atoms with Crippen LogP contribution in [0, 0.1) is 5.92 Å². The minimum atomic E-state index is -1.49. The van der Waals surface area contributed by atoms with E-state index >= 15 is 0 Å². The van der Waals surface area contributed by atoms with E-state index < -0.39 is 54.3 Å². The highest BCUT2D eigenvalue weighted by Crippen LogP contribution is 2.36. The van der Waals surface area contributed by atoms with Crippen LogP contribution < -0.4 is 21.3 Å². The molecule has 1 aliphatic rings. The summed E-state index contributed by atoms with van der Waals surface area (Å²) in [5.74, 6) is -5.13. The maximum atomic E-state index is 12.8. The van der Waals surface area contributed by atoms with E-state index in [1.165, 1.54) is 205 Å². The Labute approximate surface area is 510 Å². The quantitative estimate of drug-likeness (QED) is 0.0281. The Morgan fingerprint density at radius 1 is 0.536 bits per heavy atom. The molecule has 1 heterocycles. The third-order valence-electron chi connectivity index (χ3n) is 16.7. The monoisotopic (exact) mass is 1190 g/mol. The van der Waals surface area contributed by atoms with Gasteiger partial charge in [0.25, 0.3) is 0 Å². The molecule has 0 aromatic rings. The summed E-state index contributed by atoms with van der Waals surface area (Å²) in [4.78, 5) is 73.8. The number of amides is 4. The fraction of sp³-hybridized carbons (Fsp3) is 0.910. The first-order valence-electron chi connectivity index (χ1n) is 34.5. The molecular weight excluding hydrogens is 1070 g/mol. The molecule has 0 saturated carbocycles. The van der Waals surface area contributed by atoms with Gasteiger partial charge in [0.15, 0.2) is 5.79 Å². The van der Waals surface area contributed by atoms with Gasteiger partial charge >= 0.3 is 23.9 Å². The summed E-state index contributed by atoms with van der Waals surface area (Å²) < 4.78 is 19.4. The molecule has 492 valence electrons. The number of nitrogens with zero attached hydrogens (tertiary/aromatic N) is 1. The Kier molecular flexibility index (Phi) is 50.1. The molecule has 0 aromatic carbocycles. The van der Waals surface area contributed by atoms with Crippen molar-refractivity contribution in [1.29, 1.82) is 0 Å². The van der Waals surface area contributed by atoms with Crippen LogP contribution >= 0.6 is 0 Å². The molecule has 7 N–H and O–H groups in total. The van der Waals surface area contributed by atoms with Crippen LogP contribution in [0.4, 0.5) is 4.79 Å². The van der Waals surface area contributed by atoms with Gasteiger partial charge in [0.05, 0.1) is 37.8 Å². The van der Waals surface area contributed by atoms with Crippen molar-refractivity contribution in [2.75, 3.05) is 46.4 Å². The van der Waals surface area contributed by atoms with E-state index in [0.29, 0.717) is 26.0 Å². The minimum Gasteiger partial charge on any atom is -0.481 e. The van der Waals surface area contributed by atoms with Crippen molar-refractivity contribution in [3.63, 3.8) is 0 Å². The van der Waals surface area contributed by atoms with E-state index in [1.54, 1.807) is 13.8 Å². The van der Waals surface area contributed by atoms with Crippen molar-refractivity contribution >= 4 is 35.8 Å². The third kappa shape index (κ3) is 45.7. The number of rotatable bonds is 61.